The van der Waals surface area contributed by atoms with Crippen molar-refractivity contribution in [2.24, 2.45) is 0 Å². The van der Waals surface area contributed by atoms with Gasteiger partial charge in [-0.05, 0) is 62.6 Å². The lowest BCUT2D eigenvalue weighted by Crippen LogP contribution is -2.42. The van der Waals surface area contributed by atoms with Gasteiger partial charge in [0.05, 0.1) is 51.1 Å². The number of aliphatic hydroxyl groups excluding tert-OH is 1. The highest BCUT2D eigenvalue weighted by Crippen LogP contribution is 2.43. The number of aliphatic hydroxyl groups is 1. The van der Waals surface area contributed by atoms with Crippen molar-refractivity contribution >= 4 is 40.6 Å². The number of amides is 1. The lowest BCUT2D eigenvalue weighted by atomic mass is 9.81. The van der Waals surface area contributed by atoms with Crippen molar-refractivity contribution < 1.29 is 36.2 Å². The number of halogens is 8. The molecule has 4 rings (SSSR count). The van der Waals surface area contributed by atoms with E-state index in [1.54, 1.807) is 24.3 Å². The quantitative estimate of drug-likeness (QED) is 0.280. The molecule has 5 nitrogen and oxygen atoms in total. The van der Waals surface area contributed by atoms with Gasteiger partial charge < -0.3 is 14.9 Å². The zero-order valence-corrected chi connectivity index (χ0v) is 24.3. The minimum absolute atomic E-state index is 0.0215. The lowest BCUT2D eigenvalue weighted by Gasteiger charge is -2.32. The Bertz CT molecular complexity index is 1460. The molecule has 1 N–H and O–H groups in total. The molecule has 0 aliphatic carbocycles. The largest absolute Gasteiger partial charge is 0.416 e. The van der Waals surface area contributed by atoms with Crippen molar-refractivity contribution in [1.82, 2.24) is 4.98 Å². The maximum Gasteiger partial charge on any atom is 0.416 e. The van der Waals surface area contributed by atoms with E-state index in [-0.39, 0.29) is 34.4 Å². The molecule has 13 heteroatoms. The van der Waals surface area contributed by atoms with Crippen LogP contribution in [-0.4, -0.2) is 42.2 Å². The number of aromatic nitrogens is 1. The number of rotatable bonds is 6. The van der Waals surface area contributed by atoms with Gasteiger partial charge >= 0.3 is 12.4 Å². The molecular formula is C29H27Cl2F6N3O2. The fourth-order valence-corrected chi connectivity index (χ4v) is 5.49. The first kappa shape index (κ1) is 31.9. The van der Waals surface area contributed by atoms with Crippen LogP contribution in [0.15, 0.2) is 48.7 Å². The highest BCUT2D eigenvalue weighted by Gasteiger charge is 2.41. The zero-order valence-electron chi connectivity index (χ0n) is 22.7. The van der Waals surface area contributed by atoms with Crippen LogP contribution in [0.25, 0.3) is 11.1 Å². The molecule has 1 atom stereocenters. The second-order valence-corrected chi connectivity index (χ2v) is 11.4. The lowest BCUT2D eigenvalue weighted by molar-refractivity contribution is -0.143. The number of hydrogen-bond acceptors (Lipinski definition) is 4. The summed E-state index contributed by atoms with van der Waals surface area (Å²) in [6, 6.07) is 7.51. The summed E-state index contributed by atoms with van der Waals surface area (Å²) in [5.41, 5.74) is -4.29. The van der Waals surface area contributed by atoms with Crippen molar-refractivity contribution in [3.8, 4) is 11.1 Å². The van der Waals surface area contributed by atoms with Gasteiger partial charge in [0.25, 0.3) is 0 Å². The van der Waals surface area contributed by atoms with Gasteiger partial charge in [-0.15, -0.1) is 0 Å². The minimum Gasteiger partial charge on any atom is -0.394 e. The number of carbonyl (C=O) groups excluding carboxylic acids is 1. The van der Waals surface area contributed by atoms with Gasteiger partial charge in [0.1, 0.15) is 5.82 Å². The van der Waals surface area contributed by atoms with E-state index in [4.69, 9.17) is 23.2 Å². The van der Waals surface area contributed by atoms with Crippen LogP contribution in [0, 0.1) is 0 Å². The van der Waals surface area contributed by atoms with E-state index in [2.05, 4.69) is 4.98 Å². The molecule has 1 aliphatic rings. The molecule has 1 saturated heterocycles. The summed E-state index contributed by atoms with van der Waals surface area (Å²) in [4.78, 5) is 21.4. The van der Waals surface area contributed by atoms with Gasteiger partial charge in [0.2, 0.25) is 5.91 Å². The van der Waals surface area contributed by atoms with Gasteiger partial charge in [0.15, 0.2) is 0 Å². The molecule has 2 aromatic carbocycles. The topological polar surface area (TPSA) is 56.7 Å². The SMILES string of the molecule is CN(C(=O)C(C)(C)c1cc(C(F)(F)F)cc(C(F)(F)F)c1)c1cnc(N2CCCC2CO)cc1-c1cccc(Cl)c1Cl. The molecule has 1 aliphatic heterocycles. The maximum absolute atomic E-state index is 13.9. The van der Waals surface area contributed by atoms with Crippen molar-refractivity contribution in [2.45, 2.75) is 50.5 Å². The molecule has 1 fully saturated rings. The Kier molecular flexibility index (Phi) is 8.79. The van der Waals surface area contributed by atoms with Gasteiger partial charge in [0, 0.05) is 24.7 Å². The number of alkyl halides is 6. The highest BCUT2D eigenvalue weighted by atomic mass is 35.5. The molecule has 1 amide bonds. The standard InChI is InChI=1S/C29H27Cl2F6N3O2/c1-27(2,16-10-17(28(32,33)34)12-18(11-16)29(35,36)37)26(42)39(3)23-14-38-24(40-9-5-6-19(40)15-41)13-21(23)20-7-4-8-22(30)25(20)31/h4,7-8,10-14,19,41H,5-6,9,15H2,1-3H3. The molecule has 1 unspecified atom stereocenters. The van der Waals surface area contributed by atoms with Crippen LogP contribution in [0.2, 0.25) is 10.0 Å². The van der Waals surface area contributed by atoms with Gasteiger partial charge in [-0.2, -0.15) is 26.3 Å². The number of likely N-dealkylation sites (N-methyl/N-ethyl adjacent to an activating group) is 1. The number of hydrogen-bond donors (Lipinski definition) is 1. The van der Waals surface area contributed by atoms with Crippen LogP contribution in [0.3, 0.4) is 0 Å². The zero-order chi connectivity index (χ0) is 31.2. The first-order valence-electron chi connectivity index (χ1n) is 12.9. The van der Waals surface area contributed by atoms with Crippen LogP contribution < -0.4 is 9.80 Å². The van der Waals surface area contributed by atoms with E-state index in [1.165, 1.54) is 27.1 Å². The Morgan fingerprint density at radius 1 is 1.00 bits per heavy atom. The highest BCUT2D eigenvalue weighted by molar-refractivity contribution is 6.43. The van der Waals surface area contributed by atoms with Gasteiger partial charge in [-0.3, -0.25) is 4.79 Å². The number of anilines is 2. The summed E-state index contributed by atoms with van der Waals surface area (Å²) < 4.78 is 81.4. The summed E-state index contributed by atoms with van der Waals surface area (Å²) in [6.07, 6.45) is -7.18. The van der Waals surface area contributed by atoms with Crippen molar-refractivity contribution in [1.29, 1.82) is 0 Å². The maximum atomic E-state index is 13.9. The third-order valence-corrected chi connectivity index (χ3v) is 8.32. The van der Waals surface area contributed by atoms with E-state index in [0.717, 1.165) is 17.7 Å². The van der Waals surface area contributed by atoms with Crippen LogP contribution >= 0.6 is 23.2 Å². The average molecular weight is 634 g/mol. The third kappa shape index (κ3) is 6.18. The average Bonchev–Trinajstić information content (AvgIpc) is 3.41. The van der Waals surface area contributed by atoms with Crippen LogP contribution in [0.4, 0.5) is 37.8 Å². The van der Waals surface area contributed by atoms with Crippen molar-refractivity contribution in [3.63, 3.8) is 0 Å². The number of benzene rings is 2. The molecule has 42 heavy (non-hydrogen) atoms. The predicted octanol–water partition coefficient (Wildman–Crippen LogP) is 7.99. The van der Waals surface area contributed by atoms with Crippen LogP contribution in [0.1, 0.15) is 43.4 Å². The Hall–Kier alpha value is -3.02. The molecule has 3 aromatic rings. The monoisotopic (exact) mass is 633 g/mol. The second-order valence-electron chi connectivity index (χ2n) is 10.6. The molecule has 0 saturated carbocycles. The smallest absolute Gasteiger partial charge is 0.394 e. The predicted molar refractivity (Wildman–Crippen MR) is 150 cm³/mol. The van der Waals surface area contributed by atoms with Crippen molar-refractivity contribution in [2.75, 3.05) is 30.0 Å². The molecule has 2 heterocycles. The second kappa shape index (κ2) is 11.6. The number of carbonyl (C=O) groups is 1. The normalized spacial score (nSPS) is 16.2. The summed E-state index contributed by atoms with van der Waals surface area (Å²) in [5.74, 6) is -0.299. The van der Waals surface area contributed by atoms with E-state index < -0.39 is 40.4 Å². The number of pyridine rings is 1. The van der Waals surface area contributed by atoms with E-state index in [0.29, 0.717) is 35.6 Å². The Balaban J connectivity index is 1.84. The van der Waals surface area contributed by atoms with Crippen LogP contribution in [-0.2, 0) is 22.6 Å². The summed E-state index contributed by atoms with van der Waals surface area (Å²) >= 11 is 12.8. The fourth-order valence-electron chi connectivity index (χ4n) is 5.08. The van der Waals surface area contributed by atoms with Crippen molar-refractivity contribution in [3.05, 3.63) is 75.4 Å². The molecule has 0 radical (unpaired) electrons. The first-order valence-corrected chi connectivity index (χ1v) is 13.6. The Morgan fingerprint density at radius 3 is 2.17 bits per heavy atom. The van der Waals surface area contributed by atoms with Gasteiger partial charge in [-0.1, -0.05) is 35.3 Å². The minimum atomic E-state index is -5.07. The Morgan fingerprint density at radius 2 is 1.60 bits per heavy atom. The van der Waals surface area contributed by atoms with Crippen LogP contribution in [0.5, 0.6) is 0 Å². The third-order valence-electron chi connectivity index (χ3n) is 7.50. The fraction of sp³-hybridized carbons (Fsp3) is 0.379. The van der Waals surface area contributed by atoms with E-state index in [9.17, 15) is 36.2 Å². The molecule has 226 valence electrons. The van der Waals surface area contributed by atoms with Gasteiger partial charge in [-0.25, -0.2) is 4.98 Å². The van der Waals surface area contributed by atoms with E-state index >= 15 is 0 Å². The summed E-state index contributed by atoms with van der Waals surface area (Å²) in [6.45, 7) is 3.04. The summed E-state index contributed by atoms with van der Waals surface area (Å²) in [5, 5.41) is 10.2. The number of nitrogens with zero attached hydrogens (tertiary/aromatic N) is 3. The summed E-state index contributed by atoms with van der Waals surface area (Å²) in [7, 11) is 1.35. The molecule has 0 bridgehead atoms. The Labute approximate surface area is 248 Å². The molecular weight excluding hydrogens is 607 g/mol. The van der Waals surface area contributed by atoms with E-state index in [1.807, 2.05) is 4.90 Å². The first-order chi connectivity index (χ1) is 19.5. The molecule has 0 spiro atoms. The molecule has 1 aromatic heterocycles.